The predicted molar refractivity (Wildman–Crippen MR) is 58.8 cm³/mol. The molecule has 8 heteroatoms. The highest BCUT2D eigenvalue weighted by atomic mass is 32.1. The monoisotopic (exact) mass is 263 g/mol. The molecular formula is C9H8F3N3OS. The summed E-state index contributed by atoms with van der Waals surface area (Å²) in [5.41, 5.74) is 8.18. The summed E-state index contributed by atoms with van der Waals surface area (Å²) in [6.07, 6.45) is -4.49. The zero-order valence-electron chi connectivity index (χ0n) is 8.34. The lowest BCUT2D eigenvalue weighted by atomic mass is 10.1. The molecular weight excluding hydrogens is 255 g/mol. The lowest BCUT2D eigenvalue weighted by molar-refractivity contribution is -0.137. The van der Waals surface area contributed by atoms with Gasteiger partial charge in [0.25, 0.3) is 5.91 Å². The van der Waals surface area contributed by atoms with Gasteiger partial charge in [-0.15, -0.1) is 0 Å². The molecule has 0 spiro atoms. The van der Waals surface area contributed by atoms with Crippen molar-refractivity contribution in [2.45, 2.75) is 6.18 Å². The summed E-state index contributed by atoms with van der Waals surface area (Å²) in [7, 11) is 0. The summed E-state index contributed by atoms with van der Waals surface area (Å²) in [4.78, 5) is 11.4. The van der Waals surface area contributed by atoms with E-state index >= 15 is 0 Å². The van der Waals surface area contributed by atoms with Gasteiger partial charge in [0.1, 0.15) is 0 Å². The fourth-order valence-electron chi connectivity index (χ4n) is 1.03. The van der Waals surface area contributed by atoms with Gasteiger partial charge in [-0.2, -0.15) is 13.2 Å². The molecule has 1 aromatic carbocycles. The Bertz CT molecular complexity index is 447. The van der Waals surface area contributed by atoms with Gasteiger partial charge in [-0.3, -0.25) is 15.6 Å². The second-order valence-corrected chi connectivity index (χ2v) is 3.46. The van der Waals surface area contributed by atoms with Crippen molar-refractivity contribution in [3.63, 3.8) is 0 Å². The lowest BCUT2D eigenvalue weighted by Crippen LogP contribution is -2.44. The quantitative estimate of drug-likeness (QED) is 0.526. The van der Waals surface area contributed by atoms with Gasteiger partial charge in [0, 0.05) is 5.56 Å². The van der Waals surface area contributed by atoms with Gasteiger partial charge in [-0.05, 0) is 30.4 Å². The van der Waals surface area contributed by atoms with Gasteiger partial charge in [0.05, 0.1) is 5.56 Å². The van der Waals surface area contributed by atoms with Crippen LogP contribution in [0.2, 0.25) is 0 Å². The van der Waals surface area contributed by atoms with Crippen LogP contribution in [0.3, 0.4) is 0 Å². The van der Waals surface area contributed by atoms with E-state index in [2.05, 4.69) is 23.1 Å². The summed E-state index contributed by atoms with van der Waals surface area (Å²) >= 11 is 4.42. The molecule has 1 amide bonds. The molecule has 92 valence electrons. The molecule has 0 saturated heterocycles. The van der Waals surface area contributed by atoms with Crippen molar-refractivity contribution in [3.05, 3.63) is 35.4 Å². The van der Waals surface area contributed by atoms with E-state index in [-0.39, 0.29) is 10.7 Å². The Morgan fingerprint density at radius 1 is 1.29 bits per heavy atom. The average molecular weight is 263 g/mol. The van der Waals surface area contributed by atoms with Gasteiger partial charge < -0.3 is 5.73 Å². The Labute approximate surface area is 100.0 Å². The van der Waals surface area contributed by atoms with Crippen LogP contribution in [0.5, 0.6) is 0 Å². The molecule has 0 unspecified atom stereocenters. The largest absolute Gasteiger partial charge is 0.416 e. The number of hydrogen-bond acceptors (Lipinski definition) is 2. The maximum atomic E-state index is 12.4. The van der Waals surface area contributed by atoms with Crippen molar-refractivity contribution in [3.8, 4) is 0 Å². The topological polar surface area (TPSA) is 67.2 Å². The highest BCUT2D eigenvalue weighted by Gasteiger charge is 2.30. The van der Waals surface area contributed by atoms with Crippen molar-refractivity contribution in [1.82, 2.24) is 10.9 Å². The molecule has 0 aliphatic heterocycles. The van der Waals surface area contributed by atoms with E-state index in [0.717, 1.165) is 18.2 Å². The fraction of sp³-hybridized carbons (Fsp3) is 0.111. The first-order chi connectivity index (χ1) is 7.80. The Balaban J connectivity index is 2.85. The first kappa shape index (κ1) is 13.2. The van der Waals surface area contributed by atoms with E-state index in [9.17, 15) is 18.0 Å². The van der Waals surface area contributed by atoms with Crippen LogP contribution in [0.4, 0.5) is 13.2 Å². The molecule has 4 nitrogen and oxygen atoms in total. The minimum Gasteiger partial charge on any atom is -0.375 e. The number of alkyl halides is 3. The molecule has 0 bridgehead atoms. The van der Waals surface area contributed by atoms with Crippen LogP contribution < -0.4 is 16.6 Å². The fourth-order valence-corrected chi connectivity index (χ4v) is 1.08. The normalized spacial score (nSPS) is 10.8. The predicted octanol–water partition coefficient (Wildman–Crippen LogP) is 1.18. The Morgan fingerprint density at radius 3 is 2.47 bits per heavy atom. The van der Waals surface area contributed by atoms with E-state index < -0.39 is 17.6 Å². The summed E-state index contributed by atoms with van der Waals surface area (Å²) in [6, 6.07) is 3.98. The van der Waals surface area contributed by atoms with E-state index in [0.29, 0.717) is 0 Å². The Kier molecular flexibility index (Phi) is 3.89. The second-order valence-electron chi connectivity index (χ2n) is 3.02. The van der Waals surface area contributed by atoms with Crippen molar-refractivity contribution >= 4 is 23.2 Å². The van der Waals surface area contributed by atoms with Crippen LogP contribution in [0.15, 0.2) is 24.3 Å². The average Bonchev–Trinajstić information content (AvgIpc) is 2.25. The Morgan fingerprint density at radius 2 is 1.94 bits per heavy atom. The van der Waals surface area contributed by atoms with E-state index in [1.807, 2.05) is 0 Å². The summed E-state index contributed by atoms with van der Waals surface area (Å²) in [5, 5.41) is -0.190. The smallest absolute Gasteiger partial charge is 0.375 e. The molecule has 1 aromatic rings. The highest BCUT2D eigenvalue weighted by molar-refractivity contribution is 7.80. The first-order valence-electron chi connectivity index (χ1n) is 4.34. The van der Waals surface area contributed by atoms with Crippen LogP contribution in [-0.2, 0) is 6.18 Å². The number of hydrazine groups is 1. The molecule has 4 N–H and O–H groups in total. The number of hydrogen-bond donors (Lipinski definition) is 3. The molecule has 0 saturated carbocycles. The zero-order valence-corrected chi connectivity index (χ0v) is 9.15. The minimum atomic E-state index is -4.49. The van der Waals surface area contributed by atoms with Crippen LogP contribution in [0, 0.1) is 0 Å². The molecule has 0 atom stereocenters. The van der Waals surface area contributed by atoms with Gasteiger partial charge >= 0.3 is 6.18 Å². The maximum Gasteiger partial charge on any atom is 0.416 e. The standard InChI is InChI=1S/C9H8F3N3OS/c10-9(11,12)6-3-1-2-5(4-6)7(16)14-15-8(13)17/h1-4H,(H,14,16)(H3,13,15,17). The zero-order chi connectivity index (χ0) is 13.1. The number of halogens is 3. The molecule has 0 radical (unpaired) electrons. The molecule has 0 aliphatic rings. The lowest BCUT2D eigenvalue weighted by Gasteiger charge is -2.09. The number of thiocarbonyl (C=S) groups is 1. The summed E-state index contributed by atoms with van der Waals surface area (Å²) in [5.74, 6) is -0.760. The number of carbonyl (C=O) groups excluding carboxylic acids is 1. The van der Waals surface area contributed by atoms with Gasteiger partial charge in [0.2, 0.25) is 0 Å². The summed E-state index contributed by atoms with van der Waals surface area (Å²) < 4.78 is 37.1. The van der Waals surface area contributed by atoms with Crippen molar-refractivity contribution in [2.75, 3.05) is 0 Å². The maximum absolute atomic E-state index is 12.4. The van der Waals surface area contributed by atoms with Gasteiger partial charge in [0.15, 0.2) is 5.11 Å². The number of nitrogens with one attached hydrogen (secondary N) is 2. The first-order valence-corrected chi connectivity index (χ1v) is 4.74. The van der Waals surface area contributed by atoms with Crippen LogP contribution >= 0.6 is 12.2 Å². The molecule has 0 fully saturated rings. The van der Waals surface area contributed by atoms with Crippen molar-refractivity contribution < 1.29 is 18.0 Å². The number of nitrogens with two attached hydrogens (primary N) is 1. The molecule has 0 aliphatic carbocycles. The van der Waals surface area contributed by atoms with E-state index in [4.69, 9.17) is 5.73 Å². The molecule has 17 heavy (non-hydrogen) atoms. The number of carbonyl (C=O) groups is 1. The molecule has 1 rings (SSSR count). The van der Waals surface area contributed by atoms with Gasteiger partial charge in [-0.1, -0.05) is 6.07 Å². The Hall–Kier alpha value is -1.83. The van der Waals surface area contributed by atoms with Crippen LogP contribution in [-0.4, -0.2) is 11.0 Å². The second kappa shape index (κ2) is 5.00. The molecule has 0 aromatic heterocycles. The van der Waals surface area contributed by atoms with Gasteiger partial charge in [-0.25, -0.2) is 0 Å². The van der Waals surface area contributed by atoms with Crippen molar-refractivity contribution in [2.24, 2.45) is 5.73 Å². The number of rotatable bonds is 1. The molecule has 0 heterocycles. The summed E-state index contributed by atoms with van der Waals surface area (Å²) in [6.45, 7) is 0. The van der Waals surface area contributed by atoms with Crippen molar-refractivity contribution in [1.29, 1.82) is 0 Å². The number of amides is 1. The highest BCUT2D eigenvalue weighted by Crippen LogP contribution is 2.29. The third-order valence-electron chi connectivity index (χ3n) is 1.75. The number of benzene rings is 1. The minimum absolute atomic E-state index is 0.149. The third kappa shape index (κ3) is 3.91. The van der Waals surface area contributed by atoms with E-state index in [1.54, 1.807) is 0 Å². The SMILES string of the molecule is NC(=S)NNC(=O)c1cccc(C(F)(F)F)c1. The van der Waals surface area contributed by atoms with Crippen LogP contribution in [0.25, 0.3) is 0 Å². The van der Waals surface area contributed by atoms with E-state index in [1.165, 1.54) is 6.07 Å². The third-order valence-corrected chi connectivity index (χ3v) is 1.85. The van der Waals surface area contributed by atoms with Crippen LogP contribution in [0.1, 0.15) is 15.9 Å².